The molecule has 0 saturated heterocycles. The first-order chi connectivity index (χ1) is 8.35. The monoisotopic (exact) mass is 309 g/mol. The normalized spacial score (nSPS) is 18.3. The van der Waals surface area contributed by atoms with E-state index < -0.39 is 21.5 Å². The number of sulfonamides is 1. The van der Waals surface area contributed by atoms with Crippen molar-refractivity contribution in [1.29, 1.82) is 0 Å². The highest BCUT2D eigenvalue weighted by Gasteiger charge is 2.43. The Hall–Kier alpha value is -0.630. The van der Waals surface area contributed by atoms with Crippen molar-refractivity contribution in [3.05, 3.63) is 16.5 Å². The average molecular weight is 310 g/mol. The lowest BCUT2D eigenvalue weighted by Gasteiger charge is -2.40. The van der Waals surface area contributed by atoms with Crippen LogP contribution in [0.1, 0.15) is 25.7 Å². The van der Waals surface area contributed by atoms with Crippen LogP contribution in [0.5, 0.6) is 0 Å². The molecule has 5 nitrogen and oxygen atoms in total. The van der Waals surface area contributed by atoms with Gasteiger partial charge in [0.25, 0.3) is 10.0 Å². The van der Waals surface area contributed by atoms with Gasteiger partial charge in [-0.3, -0.25) is 4.79 Å². The van der Waals surface area contributed by atoms with E-state index in [2.05, 4.69) is 4.72 Å². The second kappa shape index (κ2) is 4.80. The van der Waals surface area contributed by atoms with Gasteiger partial charge in [-0.15, -0.1) is 11.3 Å². The number of carbonyl (C=O) groups is 1. The van der Waals surface area contributed by atoms with Gasteiger partial charge in [-0.25, -0.2) is 13.1 Å². The van der Waals surface area contributed by atoms with Gasteiger partial charge in [0.05, 0.1) is 11.4 Å². The Kier molecular flexibility index (Phi) is 3.68. The van der Waals surface area contributed by atoms with Crippen LogP contribution >= 0.6 is 22.9 Å². The number of carboxylic acids is 1. The minimum Gasteiger partial charge on any atom is -0.481 e. The van der Waals surface area contributed by atoms with Crippen LogP contribution in [0.25, 0.3) is 0 Å². The first kappa shape index (κ1) is 13.8. The molecule has 0 amide bonds. The summed E-state index contributed by atoms with van der Waals surface area (Å²) in [6.07, 6.45) is 1.71. The van der Waals surface area contributed by atoms with E-state index in [0.29, 0.717) is 12.8 Å². The van der Waals surface area contributed by atoms with Gasteiger partial charge >= 0.3 is 5.97 Å². The van der Waals surface area contributed by atoms with E-state index >= 15 is 0 Å². The predicted molar refractivity (Wildman–Crippen MR) is 68.5 cm³/mol. The summed E-state index contributed by atoms with van der Waals surface area (Å²) in [5.41, 5.74) is -0.849. The molecular weight excluding hydrogens is 298 g/mol. The smallest absolute Gasteiger partial charge is 0.305 e. The number of hydrogen-bond acceptors (Lipinski definition) is 4. The molecule has 0 radical (unpaired) electrons. The number of aliphatic carboxylic acids is 1. The Morgan fingerprint density at radius 3 is 2.61 bits per heavy atom. The second-order valence-corrected chi connectivity index (χ2v) is 7.57. The number of nitrogens with one attached hydrogen (secondary N) is 1. The van der Waals surface area contributed by atoms with E-state index in [9.17, 15) is 13.2 Å². The first-order valence-electron chi connectivity index (χ1n) is 5.33. The number of halogens is 1. The zero-order valence-corrected chi connectivity index (χ0v) is 11.7. The lowest BCUT2D eigenvalue weighted by molar-refractivity contribution is -0.139. The molecule has 0 aromatic carbocycles. The third kappa shape index (κ3) is 2.69. The standard InChI is InChI=1S/C10H12ClNO4S2/c11-7-2-5-17-9(7)18(15,16)12-10(3-1-4-10)6-8(13)14/h2,5,12H,1,3-4,6H2,(H,13,14). The summed E-state index contributed by atoms with van der Waals surface area (Å²) < 4.78 is 26.8. The van der Waals surface area contributed by atoms with Crippen LogP contribution in [0.2, 0.25) is 5.02 Å². The number of thiophene rings is 1. The van der Waals surface area contributed by atoms with Crippen molar-refractivity contribution in [1.82, 2.24) is 4.72 Å². The number of rotatable bonds is 5. The molecule has 2 N–H and O–H groups in total. The van der Waals surface area contributed by atoms with Crippen LogP contribution in [0.4, 0.5) is 0 Å². The molecule has 1 aromatic rings. The molecule has 1 saturated carbocycles. The maximum Gasteiger partial charge on any atom is 0.305 e. The Morgan fingerprint density at radius 2 is 2.22 bits per heavy atom. The molecule has 1 fully saturated rings. The van der Waals surface area contributed by atoms with Gasteiger partial charge in [0, 0.05) is 5.54 Å². The fourth-order valence-corrected chi connectivity index (χ4v) is 5.16. The zero-order chi connectivity index (χ0) is 13.4. The summed E-state index contributed by atoms with van der Waals surface area (Å²) in [5, 5.41) is 10.6. The summed E-state index contributed by atoms with van der Waals surface area (Å²) in [6, 6.07) is 1.51. The minimum absolute atomic E-state index is 0.0424. The van der Waals surface area contributed by atoms with Gasteiger partial charge in [-0.05, 0) is 30.7 Å². The van der Waals surface area contributed by atoms with E-state index in [1.165, 1.54) is 6.07 Å². The molecule has 100 valence electrons. The van der Waals surface area contributed by atoms with Crippen molar-refractivity contribution < 1.29 is 18.3 Å². The molecular formula is C10H12ClNO4S2. The third-order valence-electron chi connectivity index (χ3n) is 2.98. The molecule has 0 atom stereocenters. The van der Waals surface area contributed by atoms with Crippen molar-refractivity contribution in [3.8, 4) is 0 Å². The Bertz CT molecular complexity index is 562. The van der Waals surface area contributed by atoms with Crippen LogP contribution in [0, 0.1) is 0 Å². The Labute approximate surface area is 114 Å². The van der Waals surface area contributed by atoms with Crippen molar-refractivity contribution in [2.24, 2.45) is 0 Å². The molecule has 18 heavy (non-hydrogen) atoms. The van der Waals surface area contributed by atoms with Gasteiger partial charge in [0.1, 0.15) is 0 Å². The van der Waals surface area contributed by atoms with Crippen LogP contribution < -0.4 is 4.72 Å². The van der Waals surface area contributed by atoms with E-state index in [1.807, 2.05) is 0 Å². The van der Waals surface area contributed by atoms with Crippen molar-refractivity contribution in [2.75, 3.05) is 0 Å². The van der Waals surface area contributed by atoms with Crippen molar-refractivity contribution in [2.45, 2.75) is 35.4 Å². The van der Waals surface area contributed by atoms with Gasteiger partial charge in [0.2, 0.25) is 0 Å². The van der Waals surface area contributed by atoms with E-state index in [0.717, 1.165) is 17.8 Å². The molecule has 1 aliphatic carbocycles. The van der Waals surface area contributed by atoms with Crippen LogP contribution in [0.15, 0.2) is 15.7 Å². The summed E-state index contributed by atoms with van der Waals surface area (Å²) in [5.74, 6) is -1.00. The SMILES string of the molecule is O=C(O)CC1(NS(=O)(=O)c2sccc2Cl)CCC1. The summed E-state index contributed by atoms with van der Waals surface area (Å²) >= 11 is 6.82. The highest BCUT2D eigenvalue weighted by Crippen LogP contribution is 2.37. The summed E-state index contributed by atoms with van der Waals surface area (Å²) in [6.45, 7) is 0. The average Bonchev–Trinajstić information content (AvgIpc) is 2.60. The topological polar surface area (TPSA) is 83.5 Å². The minimum atomic E-state index is -3.74. The molecule has 0 unspecified atom stereocenters. The maximum atomic E-state index is 12.1. The van der Waals surface area contributed by atoms with Gasteiger partial charge in [-0.2, -0.15) is 0 Å². The van der Waals surface area contributed by atoms with Gasteiger partial charge < -0.3 is 5.11 Å². The molecule has 0 spiro atoms. The number of carboxylic acid groups (broad SMARTS) is 1. The van der Waals surface area contributed by atoms with E-state index in [1.54, 1.807) is 5.38 Å². The molecule has 1 aromatic heterocycles. The molecule has 2 rings (SSSR count). The van der Waals surface area contributed by atoms with Gasteiger partial charge in [0.15, 0.2) is 4.21 Å². The molecule has 1 aliphatic rings. The Morgan fingerprint density at radius 1 is 1.56 bits per heavy atom. The highest BCUT2D eigenvalue weighted by atomic mass is 35.5. The summed E-state index contributed by atoms with van der Waals surface area (Å²) in [7, 11) is -3.74. The fraction of sp³-hybridized carbons (Fsp3) is 0.500. The number of hydrogen-bond donors (Lipinski definition) is 2. The largest absolute Gasteiger partial charge is 0.481 e. The highest BCUT2D eigenvalue weighted by molar-refractivity contribution is 7.91. The molecule has 0 aliphatic heterocycles. The zero-order valence-electron chi connectivity index (χ0n) is 9.35. The van der Waals surface area contributed by atoms with E-state index in [4.69, 9.17) is 16.7 Å². The van der Waals surface area contributed by atoms with Crippen LogP contribution in [-0.4, -0.2) is 25.0 Å². The predicted octanol–water partition coefficient (Wildman–Crippen LogP) is 2.08. The first-order valence-corrected chi connectivity index (χ1v) is 8.08. The van der Waals surface area contributed by atoms with Crippen LogP contribution in [-0.2, 0) is 14.8 Å². The van der Waals surface area contributed by atoms with Gasteiger partial charge in [-0.1, -0.05) is 11.6 Å². The maximum absolute atomic E-state index is 12.1. The quantitative estimate of drug-likeness (QED) is 0.872. The van der Waals surface area contributed by atoms with E-state index in [-0.39, 0.29) is 15.7 Å². The molecule has 1 heterocycles. The molecule has 8 heteroatoms. The lowest BCUT2D eigenvalue weighted by atomic mass is 9.75. The Balaban J connectivity index is 2.22. The third-order valence-corrected chi connectivity index (χ3v) is 6.58. The second-order valence-electron chi connectivity index (χ2n) is 4.37. The van der Waals surface area contributed by atoms with Crippen LogP contribution in [0.3, 0.4) is 0 Å². The summed E-state index contributed by atoms with van der Waals surface area (Å²) in [4.78, 5) is 10.8. The fourth-order valence-electron chi connectivity index (χ4n) is 2.01. The molecule has 0 bridgehead atoms. The van der Waals surface area contributed by atoms with Crippen molar-refractivity contribution >= 4 is 38.9 Å². The van der Waals surface area contributed by atoms with Crippen molar-refractivity contribution in [3.63, 3.8) is 0 Å². The lowest BCUT2D eigenvalue weighted by Crippen LogP contribution is -2.54.